The highest BCUT2D eigenvalue weighted by molar-refractivity contribution is 5.89. The fourth-order valence-corrected chi connectivity index (χ4v) is 3.57. The van der Waals surface area contributed by atoms with Gasteiger partial charge in [-0.1, -0.05) is 6.42 Å². The molecule has 2 aliphatic heterocycles. The number of carbonyl (C=O) groups excluding carboxylic acids is 1. The van der Waals surface area contributed by atoms with Gasteiger partial charge in [-0.15, -0.1) is 0 Å². The van der Waals surface area contributed by atoms with Gasteiger partial charge in [-0.3, -0.25) is 4.90 Å². The van der Waals surface area contributed by atoms with Crippen LogP contribution in [-0.4, -0.2) is 61.8 Å². The number of ether oxygens (including phenoxy) is 2. The summed E-state index contributed by atoms with van der Waals surface area (Å²) >= 11 is 0. The number of fused-ring (bicyclic) bond motifs is 1. The van der Waals surface area contributed by atoms with Crippen molar-refractivity contribution in [3.8, 4) is 11.5 Å². The van der Waals surface area contributed by atoms with Gasteiger partial charge in [-0.25, -0.2) is 4.79 Å². The maximum atomic E-state index is 12.6. The molecule has 6 heteroatoms. The van der Waals surface area contributed by atoms with Crippen molar-refractivity contribution in [3.63, 3.8) is 0 Å². The van der Waals surface area contributed by atoms with Crippen molar-refractivity contribution in [1.82, 2.24) is 9.80 Å². The minimum Gasteiger partial charge on any atom is -0.493 e. The largest absolute Gasteiger partial charge is 0.493 e. The molecule has 1 unspecified atom stereocenters. The summed E-state index contributed by atoms with van der Waals surface area (Å²) in [6, 6.07) is 5.97. The van der Waals surface area contributed by atoms with Crippen molar-refractivity contribution < 1.29 is 14.3 Å². The number of carbonyl (C=O) groups is 1. The number of rotatable bonds is 4. The number of nitrogens with one attached hydrogen (secondary N) is 1. The number of hydrogen-bond donors (Lipinski definition) is 1. The van der Waals surface area contributed by atoms with Crippen LogP contribution in [0.2, 0.25) is 0 Å². The first kappa shape index (κ1) is 16.9. The van der Waals surface area contributed by atoms with Gasteiger partial charge >= 0.3 is 6.03 Å². The first-order valence-corrected chi connectivity index (χ1v) is 8.82. The predicted octanol–water partition coefficient (Wildman–Crippen LogP) is 2.80. The smallest absolute Gasteiger partial charge is 0.321 e. The predicted molar refractivity (Wildman–Crippen MR) is 94.0 cm³/mol. The zero-order chi connectivity index (χ0) is 16.9. The van der Waals surface area contributed by atoms with E-state index < -0.39 is 0 Å². The second-order valence-corrected chi connectivity index (χ2v) is 6.36. The average molecular weight is 333 g/mol. The summed E-state index contributed by atoms with van der Waals surface area (Å²) in [6.07, 6.45) is 3.75. The van der Waals surface area contributed by atoms with Gasteiger partial charge in [-0.2, -0.15) is 0 Å². The average Bonchev–Trinajstić information content (AvgIpc) is 2.62. The summed E-state index contributed by atoms with van der Waals surface area (Å²) < 4.78 is 10.8. The fraction of sp³-hybridized carbons (Fsp3) is 0.611. The van der Waals surface area contributed by atoms with E-state index in [1.165, 1.54) is 25.8 Å². The lowest BCUT2D eigenvalue weighted by atomic mass is 10.00. The molecule has 0 aliphatic carbocycles. The van der Waals surface area contributed by atoms with E-state index in [4.69, 9.17) is 9.47 Å². The Labute approximate surface area is 143 Å². The van der Waals surface area contributed by atoms with Crippen LogP contribution in [-0.2, 0) is 0 Å². The summed E-state index contributed by atoms with van der Waals surface area (Å²) in [4.78, 5) is 17.0. The van der Waals surface area contributed by atoms with Crippen molar-refractivity contribution >= 4 is 11.7 Å². The van der Waals surface area contributed by atoms with E-state index in [0.29, 0.717) is 24.1 Å². The summed E-state index contributed by atoms with van der Waals surface area (Å²) in [7, 11) is 1.61. The van der Waals surface area contributed by atoms with E-state index in [-0.39, 0.29) is 6.03 Å². The highest BCUT2D eigenvalue weighted by Crippen LogP contribution is 2.30. The molecule has 0 spiro atoms. The molecule has 3 rings (SSSR count). The summed E-state index contributed by atoms with van der Waals surface area (Å²) in [5, 5.41) is 2.99. The molecule has 0 saturated carbocycles. The van der Waals surface area contributed by atoms with Crippen LogP contribution < -0.4 is 14.8 Å². The Kier molecular flexibility index (Phi) is 5.45. The molecular weight excluding hydrogens is 306 g/mol. The molecule has 2 amide bonds. The van der Waals surface area contributed by atoms with Gasteiger partial charge in [-0.05, 0) is 38.4 Å². The zero-order valence-corrected chi connectivity index (χ0v) is 14.6. The Morgan fingerprint density at radius 2 is 2.12 bits per heavy atom. The van der Waals surface area contributed by atoms with Gasteiger partial charge in [0.1, 0.15) is 0 Å². The number of urea groups is 1. The molecule has 2 saturated heterocycles. The minimum atomic E-state index is -0.0344. The van der Waals surface area contributed by atoms with Crippen LogP contribution in [0, 0.1) is 0 Å². The normalized spacial score (nSPS) is 21.1. The van der Waals surface area contributed by atoms with Crippen LogP contribution in [0.25, 0.3) is 0 Å². The van der Waals surface area contributed by atoms with Gasteiger partial charge in [0.2, 0.25) is 0 Å². The van der Waals surface area contributed by atoms with Crippen molar-refractivity contribution in [3.05, 3.63) is 18.2 Å². The molecule has 6 nitrogen and oxygen atoms in total. The first-order valence-electron chi connectivity index (χ1n) is 8.82. The van der Waals surface area contributed by atoms with E-state index in [9.17, 15) is 4.79 Å². The van der Waals surface area contributed by atoms with Crippen LogP contribution in [0.3, 0.4) is 0 Å². The molecule has 1 aromatic carbocycles. The fourth-order valence-electron chi connectivity index (χ4n) is 3.57. The lowest BCUT2D eigenvalue weighted by molar-refractivity contribution is 0.0678. The molecule has 24 heavy (non-hydrogen) atoms. The topological polar surface area (TPSA) is 54.0 Å². The van der Waals surface area contributed by atoms with Crippen molar-refractivity contribution in [2.75, 3.05) is 45.2 Å². The minimum absolute atomic E-state index is 0.0344. The third-order valence-electron chi connectivity index (χ3n) is 4.84. The van der Waals surface area contributed by atoms with E-state index in [1.54, 1.807) is 7.11 Å². The summed E-state index contributed by atoms with van der Waals surface area (Å²) in [5.41, 5.74) is 0.732. The maximum Gasteiger partial charge on any atom is 0.321 e. The molecular formula is C18H27N3O3. The standard InChI is InChI=1S/C18H27N3O3/c1-3-24-17-12-14(7-8-16(17)23-2)19-18(22)21-11-10-20-9-5-4-6-15(20)13-21/h7-8,12,15H,3-6,9-11,13H2,1-2H3,(H,19,22). The van der Waals surface area contributed by atoms with Crippen LogP contribution in [0.5, 0.6) is 11.5 Å². The molecule has 1 N–H and O–H groups in total. The number of hydrogen-bond acceptors (Lipinski definition) is 4. The summed E-state index contributed by atoms with van der Waals surface area (Å²) in [6.45, 7) is 6.24. The van der Waals surface area contributed by atoms with Crippen molar-refractivity contribution in [2.45, 2.75) is 32.2 Å². The third-order valence-corrected chi connectivity index (χ3v) is 4.84. The molecule has 1 atom stereocenters. The highest BCUT2D eigenvalue weighted by Gasteiger charge is 2.31. The highest BCUT2D eigenvalue weighted by atomic mass is 16.5. The van der Waals surface area contributed by atoms with Crippen LogP contribution in [0.1, 0.15) is 26.2 Å². The zero-order valence-electron chi connectivity index (χ0n) is 14.6. The van der Waals surface area contributed by atoms with Gasteiger partial charge < -0.3 is 19.7 Å². The summed E-state index contributed by atoms with van der Waals surface area (Å²) in [5.74, 6) is 1.32. The number of nitrogens with zero attached hydrogens (tertiary/aromatic N) is 2. The molecule has 2 aliphatic rings. The van der Waals surface area contributed by atoms with E-state index in [2.05, 4.69) is 10.2 Å². The van der Waals surface area contributed by atoms with Gasteiger partial charge in [0, 0.05) is 37.4 Å². The maximum absolute atomic E-state index is 12.6. The molecule has 132 valence electrons. The number of methoxy groups -OCH3 is 1. The van der Waals surface area contributed by atoms with Crippen LogP contribution >= 0.6 is 0 Å². The Hall–Kier alpha value is -1.95. The van der Waals surface area contributed by atoms with Gasteiger partial charge in [0.05, 0.1) is 13.7 Å². The molecule has 0 radical (unpaired) electrons. The van der Waals surface area contributed by atoms with Gasteiger partial charge in [0.15, 0.2) is 11.5 Å². The van der Waals surface area contributed by atoms with Crippen LogP contribution in [0.15, 0.2) is 18.2 Å². The molecule has 0 bridgehead atoms. The first-order chi connectivity index (χ1) is 11.7. The number of piperidine rings is 1. The second-order valence-electron chi connectivity index (χ2n) is 6.36. The van der Waals surface area contributed by atoms with Crippen LogP contribution in [0.4, 0.5) is 10.5 Å². The Bertz CT molecular complexity index is 579. The lowest BCUT2D eigenvalue weighted by Gasteiger charge is -2.43. The van der Waals surface area contributed by atoms with Crippen molar-refractivity contribution in [1.29, 1.82) is 0 Å². The SMILES string of the molecule is CCOc1cc(NC(=O)N2CCN3CCCCC3C2)ccc1OC. The van der Waals surface area contributed by atoms with E-state index >= 15 is 0 Å². The molecule has 2 fully saturated rings. The van der Waals surface area contributed by atoms with E-state index in [0.717, 1.165) is 25.3 Å². The Morgan fingerprint density at radius 3 is 2.92 bits per heavy atom. The van der Waals surface area contributed by atoms with E-state index in [1.807, 2.05) is 30.0 Å². The Morgan fingerprint density at radius 1 is 1.25 bits per heavy atom. The lowest BCUT2D eigenvalue weighted by Crippen LogP contribution is -2.56. The number of anilines is 1. The monoisotopic (exact) mass is 333 g/mol. The van der Waals surface area contributed by atoms with Crippen molar-refractivity contribution in [2.24, 2.45) is 0 Å². The number of benzene rings is 1. The second kappa shape index (κ2) is 7.75. The molecule has 1 aromatic rings. The van der Waals surface area contributed by atoms with Gasteiger partial charge in [0.25, 0.3) is 0 Å². The number of amides is 2. The molecule has 2 heterocycles. The number of piperazine rings is 1. The third kappa shape index (κ3) is 3.75. The molecule has 0 aromatic heterocycles. The Balaban J connectivity index is 1.63. The quantitative estimate of drug-likeness (QED) is 0.920.